The fourth-order valence-corrected chi connectivity index (χ4v) is 2.03. The zero-order valence-corrected chi connectivity index (χ0v) is 10.3. The highest BCUT2D eigenvalue weighted by Crippen LogP contribution is 2.17. The second kappa shape index (κ2) is 5.83. The quantitative estimate of drug-likeness (QED) is 0.720. The summed E-state index contributed by atoms with van der Waals surface area (Å²) in [7, 11) is 0. The molecule has 2 N–H and O–H groups in total. The number of nitrogens with zero attached hydrogens (tertiary/aromatic N) is 1. The van der Waals surface area contributed by atoms with Gasteiger partial charge in [-0.1, -0.05) is 11.8 Å². The Morgan fingerprint density at radius 2 is 2.32 bits per heavy atom. The van der Waals surface area contributed by atoms with Gasteiger partial charge in [0.05, 0.1) is 11.7 Å². The van der Waals surface area contributed by atoms with Gasteiger partial charge >= 0.3 is 0 Å². The van der Waals surface area contributed by atoms with Crippen LogP contribution in [0.1, 0.15) is 22.3 Å². The summed E-state index contributed by atoms with van der Waals surface area (Å²) in [5.41, 5.74) is 0.539. The zero-order valence-electron chi connectivity index (χ0n) is 10.3. The molecular weight excluding hydrogens is 249 g/mol. The minimum atomic E-state index is -0.524. The van der Waals surface area contributed by atoms with E-state index in [2.05, 4.69) is 11.8 Å². The largest absolute Gasteiger partial charge is 0.391 e. The van der Waals surface area contributed by atoms with E-state index < -0.39 is 11.9 Å². The van der Waals surface area contributed by atoms with Gasteiger partial charge in [0.2, 0.25) is 0 Å². The first-order valence-corrected chi connectivity index (χ1v) is 5.98. The second-order valence-electron chi connectivity index (χ2n) is 4.34. The fraction of sp³-hybridized carbons (Fsp3) is 0.357. The van der Waals surface area contributed by atoms with E-state index in [0.29, 0.717) is 18.5 Å². The van der Waals surface area contributed by atoms with Crippen LogP contribution in [0.5, 0.6) is 0 Å². The predicted octanol–water partition coefficient (Wildman–Crippen LogP) is 0.376. The summed E-state index contributed by atoms with van der Waals surface area (Å²) in [5, 5.41) is 18.1. The third-order valence-corrected chi connectivity index (χ3v) is 2.96. The van der Waals surface area contributed by atoms with Gasteiger partial charge in [-0.25, -0.2) is 4.39 Å². The van der Waals surface area contributed by atoms with Crippen molar-refractivity contribution in [2.45, 2.75) is 12.5 Å². The monoisotopic (exact) mass is 263 g/mol. The average Bonchev–Trinajstić information content (AvgIpc) is 2.83. The van der Waals surface area contributed by atoms with E-state index in [1.807, 2.05) is 0 Å². The third kappa shape index (κ3) is 3.11. The van der Waals surface area contributed by atoms with Crippen molar-refractivity contribution in [3.63, 3.8) is 0 Å². The Morgan fingerprint density at radius 1 is 1.53 bits per heavy atom. The van der Waals surface area contributed by atoms with Gasteiger partial charge in [-0.2, -0.15) is 0 Å². The number of carbonyl (C=O) groups excluding carboxylic acids is 1. The van der Waals surface area contributed by atoms with E-state index in [0.717, 1.165) is 6.07 Å². The van der Waals surface area contributed by atoms with Crippen LogP contribution < -0.4 is 0 Å². The summed E-state index contributed by atoms with van der Waals surface area (Å²) in [4.78, 5) is 13.7. The predicted molar refractivity (Wildman–Crippen MR) is 66.9 cm³/mol. The highest BCUT2D eigenvalue weighted by atomic mass is 19.1. The van der Waals surface area contributed by atoms with Crippen LogP contribution in [0, 0.1) is 17.7 Å². The van der Waals surface area contributed by atoms with Crippen molar-refractivity contribution in [1.82, 2.24) is 4.90 Å². The van der Waals surface area contributed by atoms with Crippen molar-refractivity contribution in [3.8, 4) is 11.8 Å². The Morgan fingerprint density at radius 3 is 2.95 bits per heavy atom. The highest BCUT2D eigenvalue weighted by molar-refractivity contribution is 5.97. The third-order valence-electron chi connectivity index (χ3n) is 2.96. The van der Waals surface area contributed by atoms with E-state index in [4.69, 9.17) is 5.11 Å². The van der Waals surface area contributed by atoms with Crippen LogP contribution in [0.15, 0.2) is 18.2 Å². The normalized spacial score (nSPS) is 18.1. The number of benzene rings is 1. The van der Waals surface area contributed by atoms with Crippen molar-refractivity contribution in [2.75, 3.05) is 19.7 Å². The van der Waals surface area contributed by atoms with E-state index >= 15 is 0 Å². The lowest BCUT2D eigenvalue weighted by molar-refractivity contribution is 0.0764. The van der Waals surface area contributed by atoms with Gasteiger partial charge in [0, 0.05) is 18.7 Å². The van der Waals surface area contributed by atoms with E-state index in [9.17, 15) is 14.3 Å². The zero-order chi connectivity index (χ0) is 13.8. The van der Waals surface area contributed by atoms with Gasteiger partial charge in [-0.3, -0.25) is 4.79 Å². The van der Waals surface area contributed by atoms with Gasteiger partial charge in [0.25, 0.3) is 5.91 Å². The van der Waals surface area contributed by atoms with Crippen LogP contribution in [-0.4, -0.2) is 46.8 Å². The molecule has 1 fully saturated rings. The highest BCUT2D eigenvalue weighted by Gasteiger charge is 2.26. The molecule has 4 nitrogen and oxygen atoms in total. The molecule has 1 aromatic carbocycles. The molecule has 0 radical (unpaired) electrons. The van der Waals surface area contributed by atoms with Crippen LogP contribution in [0.4, 0.5) is 4.39 Å². The Hall–Kier alpha value is -1.90. The number of aliphatic hydroxyl groups excluding tert-OH is 2. The molecule has 1 amide bonds. The number of carbonyl (C=O) groups is 1. The Bertz CT molecular complexity index is 547. The number of halogens is 1. The molecule has 1 aliphatic heterocycles. The summed E-state index contributed by atoms with van der Waals surface area (Å²) in [6, 6.07) is 3.77. The van der Waals surface area contributed by atoms with Crippen LogP contribution in [0.2, 0.25) is 0 Å². The van der Waals surface area contributed by atoms with E-state index in [-0.39, 0.29) is 24.6 Å². The molecule has 0 saturated carbocycles. The first-order chi connectivity index (χ1) is 9.11. The SMILES string of the molecule is O=C(c1cc(F)ccc1C#CCO)N1CCC(O)C1. The van der Waals surface area contributed by atoms with Crippen molar-refractivity contribution in [1.29, 1.82) is 0 Å². The smallest absolute Gasteiger partial charge is 0.255 e. The van der Waals surface area contributed by atoms with Crippen molar-refractivity contribution in [2.24, 2.45) is 0 Å². The van der Waals surface area contributed by atoms with Gasteiger partial charge in [0.15, 0.2) is 0 Å². The number of β-amino-alcohol motifs (C(OH)–C–C–N with tert-alkyl or cyclic N) is 1. The molecule has 1 heterocycles. The Balaban J connectivity index is 2.31. The average molecular weight is 263 g/mol. The molecule has 1 unspecified atom stereocenters. The molecule has 1 saturated heterocycles. The fourth-order valence-electron chi connectivity index (χ4n) is 2.03. The minimum Gasteiger partial charge on any atom is -0.391 e. The minimum absolute atomic E-state index is 0.162. The topological polar surface area (TPSA) is 60.8 Å². The molecule has 19 heavy (non-hydrogen) atoms. The molecule has 1 atom stereocenters. The summed E-state index contributed by atoms with van der Waals surface area (Å²) in [5.74, 6) is 4.21. The van der Waals surface area contributed by atoms with Crippen molar-refractivity contribution < 1.29 is 19.4 Å². The molecule has 0 spiro atoms. The lowest BCUT2D eigenvalue weighted by Gasteiger charge is -2.16. The lowest BCUT2D eigenvalue weighted by Crippen LogP contribution is -2.30. The van der Waals surface area contributed by atoms with Crippen molar-refractivity contribution in [3.05, 3.63) is 35.1 Å². The number of rotatable bonds is 1. The number of likely N-dealkylation sites (tertiary alicyclic amines) is 1. The first kappa shape index (κ1) is 13.5. The standard InChI is InChI=1S/C14H14FNO3/c15-11-4-3-10(2-1-7-17)13(8-11)14(19)16-6-5-12(18)9-16/h3-4,8,12,17-18H,5-7,9H2. The summed E-state index contributed by atoms with van der Waals surface area (Å²) >= 11 is 0. The second-order valence-corrected chi connectivity index (χ2v) is 4.34. The maximum absolute atomic E-state index is 13.3. The molecule has 0 aliphatic carbocycles. The summed E-state index contributed by atoms with van der Waals surface area (Å²) < 4.78 is 13.3. The van der Waals surface area contributed by atoms with E-state index in [1.165, 1.54) is 17.0 Å². The summed E-state index contributed by atoms with van der Waals surface area (Å²) in [6.45, 7) is 0.374. The van der Waals surface area contributed by atoms with Crippen LogP contribution in [0.25, 0.3) is 0 Å². The molecule has 5 heteroatoms. The molecule has 1 aromatic rings. The van der Waals surface area contributed by atoms with Gasteiger partial charge < -0.3 is 15.1 Å². The first-order valence-electron chi connectivity index (χ1n) is 5.98. The Labute approximate surface area is 110 Å². The molecule has 2 rings (SSSR count). The lowest BCUT2D eigenvalue weighted by atomic mass is 10.1. The number of amides is 1. The molecule has 1 aliphatic rings. The van der Waals surface area contributed by atoms with Crippen LogP contribution >= 0.6 is 0 Å². The van der Waals surface area contributed by atoms with E-state index in [1.54, 1.807) is 0 Å². The number of hydrogen-bond donors (Lipinski definition) is 2. The molecule has 0 bridgehead atoms. The van der Waals surface area contributed by atoms with Crippen molar-refractivity contribution >= 4 is 5.91 Å². The van der Waals surface area contributed by atoms with Gasteiger partial charge in [-0.05, 0) is 24.6 Å². The summed E-state index contributed by atoms with van der Waals surface area (Å²) in [6.07, 6.45) is 0.00287. The molecule has 100 valence electrons. The number of hydrogen-bond acceptors (Lipinski definition) is 3. The molecule has 0 aromatic heterocycles. The molecular formula is C14H14FNO3. The number of aliphatic hydroxyl groups is 2. The van der Waals surface area contributed by atoms with Gasteiger partial charge in [-0.15, -0.1) is 0 Å². The van der Waals surface area contributed by atoms with Crippen LogP contribution in [0.3, 0.4) is 0 Å². The van der Waals surface area contributed by atoms with Gasteiger partial charge in [0.1, 0.15) is 12.4 Å². The maximum atomic E-state index is 13.3. The van der Waals surface area contributed by atoms with Crippen LogP contribution in [-0.2, 0) is 0 Å². The maximum Gasteiger partial charge on any atom is 0.255 e. The Kier molecular flexibility index (Phi) is 4.15.